The Morgan fingerprint density at radius 3 is 2.33 bits per heavy atom. The lowest BCUT2D eigenvalue weighted by Crippen LogP contribution is -2.55. The van der Waals surface area contributed by atoms with E-state index in [9.17, 15) is 47.4 Å². The summed E-state index contributed by atoms with van der Waals surface area (Å²) in [6.07, 6.45) is -2.71. The molecule has 24 heteroatoms. The molecule has 3 saturated heterocycles. The molecule has 3 fully saturated rings. The van der Waals surface area contributed by atoms with E-state index in [0.717, 1.165) is 39.3 Å². The number of amides is 3. The zero-order valence-electron chi connectivity index (χ0n) is 46.1. The minimum atomic E-state index is -4.67. The Bertz CT molecular complexity index is 3450. The molecule has 4 aliphatic heterocycles. The summed E-state index contributed by atoms with van der Waals surface area (Å²) in [4.78, 5) is 61.9. The number of fused-ring (bicyclic) bond motifs is 2. The van der Waals surface area contributed by atoms with Crippen LogP contribution in [0.3, 0.4) is 0 Å². The van der Waals surface area contributed by atoms with E-state index in [0.29, 0.717) is 113 Å². The van der Waals surface area contributed by atoms with Crippen molar-refractivity contribution >= 4 is 51.6 Å². The Morgan fingerprint density at radius 2 is 1.63 bits per heavy atom. The molecule has 3 amide bonds. The number of hydrogen-bond acceptors (Lipinski definition) is 15. The van der Waals surface area contributed by atoms with Gasteiger partial charge in [-0.3, -0.25) is 28.8 Å². The van der Waals surface area contributed by atoms with Crippen LogP contribution in [0.25, 0.3) is 27.8 Å². The van der Waals surface area contributed by atoms with Gasteiger partial charge in [0.1, 0.15) is 30.5 Å². The van der Waals surface area contributed by atoms with Crippen LogP contribution >= 0.6 is 11.6 Å². The molecule has 436 valence electrons. The third kappa shape index (κ3) is 12.9. The minimum Gasteiger partial charge on any atom is -0.508 e. The number of carbonyl (C=O) groups excluding carboxylic acids is 3. The highest BCUT2D eigenvalue weighted by Gasteiger charge is 2.37. The molecule has 0 bridgehead atoms. The van der Waals surface area contributed by atoms with Crippen LogP contribution in [0.2, 0.25) is 5.02 Å². The number of nitrogens with one attached hydrogen (secondary N) is 1. The molecule has 0 radical (unpaired) electrons. The topological polar surface area (TPSA) is 213 Å². The number of likely N-dealkylation sites (tertiary alicyclic amines) is 1. The van der Waals surface area contributed by atoms with Gasteiger partial charge in [0.25, 0.3) is 11.8 Å². The predicted octanol–water partition coefficient (Wildman–Crippen LogP) is 7.77. The first-order valence-corrected chi connectivity index (χ1v) is 28.1. The van der Waals surface area contributed by atoms with Gasteiger partial charge in [-0.15, -0.1) is 10.2 Å². The molecule has 4 aliphatic rings. The lowest BCUT2D eigenvalue weighted by molar-refractivity contribution is -0.139. The second-order valence-electron chi connectivity index (χ2n) is 21.7. The molecule has 1 atom stereocenters. The second-order valence-corrected chi connectivity index (χ2v) is 22.1. The van der Waals surface area contributed by atoms with E-state index in [1.54, 1.807) is 12.1 Å². The number of benzene rings is 4. The van der Waals surface area contributed by atoms with E-state index in [1.165, 1.54) is 15.5 Å². The van der Waals surface area contributed by atoms with Crippen molar-refractivity contribution < 1.29 is 46.9 Å². The lowest BCUT2D eigenvalue weighted by Gasteiger charge is -2.42. The second kappa shape index (κ2) is 24.8. The first kappa shape index (κ1) is 58.1. The number of nitriles is 1. The third-order valence-corrected chi connectivity index (χ3v) is 16.3. The summed E-state index contributed by atoms with van der Waals surface area (Å²) in [5.74, 6) is -3.46. The summed E-state index contributed by atoms with van der Waals surface area (Å²) in [6.45, 7) is 12.4. The molecule has 6 aromatic rings. The number of alkyl halides is 3. The normalized spacial score (nSPS) is 17.4. The van der Waals surface area contributed by atoms with E-state index in [1.807, 2.05) is 71.4 Å². The van der Waals surface area contributed by atoms with Gasteiger partial charge in [-0.05, 0) is 85.1 Å². The number of phenolic OH excluding ortho intramolecular Hbond substituents is 2. The van der Waals surface area contributed by atoms with Crippen molar-refractivity contribution in [3.8, 4) is 40.7 Å². The van der Waals surface area contributed by atoms with Crippen LogP contribution in [0.4, 0.5) is 29.1 Å². The van der Waals surface area contributed by atoms with Crippen LogP contribution in [-0.4, -0.2) is 170 Å². The van der Waals surface area contributed by atoms with Gasteiger partial charge in [0, 0.05) is 99.8 Å². The zero-order chi connectivity index (χ0) is 58.7. The van der Waals surface area contributed by atoms with E-state index in [4.69, 9.17) is 26.3 Å². The van der Waals surface area contributed by atoms with Crippen molar-refractivity contribution in [3.63, 3.8) is 0 Å². The van der Waals surface area contributed by atoms with E-state index < -0.39 is 42.2 Å². The molecule has 0 aliphatic carbocycles. The van der Waals surface area contributed by atoms with E-state index in [2.05, 4.69) is 43.6 Å². The van der Waals surface area contributed by atoms with Crippen LogP contribution < -0.4 is 19.9 Å². The van der Waals surface area contributed by atoms with Crippen molar-refractivity contribution in [3.05, 3.63) is 118 Å². The Labute approximate surface area is 482 Å². The Hall–Kier alpha value is -8.07. The van der Waals surface area contributed by atoms with Crippen molar-refractivity contribution in [1.82, 2.24) is 49.6 Å². The zero-order valence-corrected chi connectivity index (χ0v) is 46.8. The van der Waals surface area contributed by atoms with Crippen LogP contribution in [-0.2, 0) is 29.1 Å². The summed E-state index contributed by atoms with van der Waals surface area (Å²) >= 11 is 6.78. The van der Waals surface area contributed by atoms with Gasteiger partial charge < -0.3 is 39.9 Å². The number of piperidine rings is 1. The smallest absolute Gasteiger partial charge is 0.405 e. The van der Waals surface area contributed by atoms with Gasteiger partial charge in [0.15, 0.2) is 11.7 Å². The first-order chi connectivity index (χ1) is 39.8. The molecule has 2 aromatic heterocycles. The number of halogens is 5. The molecular weight excluding hydrogens is 1100 g/mol. The minimum absolute atomic E-state index is 0.00394. The van der Waals surface area contributed by atoms with Gasteiger partial charge in [-0.2, -0.15) is 28.4 Å². The molecule has 3 N–H and O–H groups in total. The highest BCUT2D eigenvalue weighted by atomic mass is 35.5. The molecule has 19 nitrogen and oxygen atoms in total. The third-order valence-electron chi connectivity index (χ3n) is 16.0. The summed E-state index contributed by atoms with van der Waals surface area (Å²) in [7, 11) is 0. The standard InChI is InChI=1S/C59H64ClF4N13O6/c1-36(2)44-30-45(50(79)31-49(44)78)53-69-70-54(55(80)66-35-59(62,63)64)77(53)41-12-10-38(11-13-41)32-72-19-15-40(16-20-72)57(82)73-24-22-71(23-25-73)28-29-83-58-67-47-34-74(48-9-5-7-39-6-4-8-46(60)51(39)48)21-17-43(47)52(68-58)75-26-27-76(56(81)37(3)61)42(33-75)14-18-65/h4-13,30-31,36,40,42,78-79H,3,14-17,19-29,32-35H2,1-2H3,(H,66,80)/t42-/m0/s1. The number of rotatable bonds is 16. The number of anilines is 2. The lowest BCUT2D eigenvalue weighted by atomic mass is 9.94. The molecule has 0 saturated carbocycles. The highest BCUT2D eigenvalue weighted by Crippen LogP contribution is 2.40. The first-order valence-electron chi connectivity index (χ1n) is 27.8. The summed E-state index contributed by atoms with van der Waals surface area (Å²) < 4.78 is 61.1. The number of piperazine rings is 2. The summed E-state index contributed by atoms with van der Waals surface area (Å²) in [5.41, 5.74) is 4.58. The van der Waals surface area contributed by atoms with Gasteiger partial charge >= 0.3 is 12.2 Å². The largest absolute Gasteiger partial charge is 0.508 e. The predicted molar refractivity (Wildman–Crippen MR) is 303 cm³/mol. The van der Waals surface area contributed by atoms with Crippen LogP contribution in [0, 0.1) is 17.2 Å². The van der Waals surface area contributed by atoms with E-state index in [-0.39, 0.29) is 72.8 Å². The van der Waals surface area contributed by atoms with Crippen molar-refractivity contribution in [2.75, 3.05) is 94.9 Å². The van der Waals surface area contributed by atoms with Gasteiger partial charge in [-0.25, -0.2) is 4.39 Å². The summed E-state index contributed by atoms with van der Waals surface area (Å²) in [5, 5.41) is 43.6. The van der Waals surface area contributed by atoms with Crippen LogP contribution in [0.15, 0.2) is 85.2 Å². The number of phenols is 2. The number of hydrogen-bond donors (Lipinski definition) is 3. The maximum absolute atomic E-state index is 14.1. The molecule has 83 heavy (non-hydrogen) atoms. The highest BCUT2D eigenvalue weighted by molar-refractivity contribution is 6.36. The van der Waals surface area contributed by atoms with Crippen molar-refractivity contribution in [2.24, 2.45) is 5.92 Å². The molecule has 4 aromatic carbocycles. The fourth-order valence-electron chi connectivity index (χ4n) is 11.6. The number of nitrogens with zero attached hydrogens (tertiary/aromatic N) is 12. The van der Waals surface area contributed by atoms with Crippen molar-refractivity contribution in [1.29, 1.82) is 5.26 Å². The molecule has 6 heterocycles. The number of carbonyl (C=O) groups is 3. The molecular formula is C59H64ClF4N13O6. The maximum atomic E-state index is 14.1. The van der Waals surface area contributed by atoms with Crippen LogP contribution in [0.1, 0.15) is 72.0 Å². The number of ether oxygens (including phenoxy) is 1. The SMILES string of the molecule is C=C(F)C(=O)N1CCN(c2nc(OCCN3CCN(C(=O)C4CCN(Cc5ccc(-n6c(C(=O)NCC(F)(F)F)nnc6-c6cc(C(C)C)c(O)cc6O)cc5)CC4)CC3)nc3c2CCN(c2cccc4cccc(Cl)c24)C3)C[C@@H]1CC#N. The maximum Gasteiger partial charge on any atom is 0.405 e. The number of aromatic nitrogens is 5. The Kier molecular flexibility index (Phi) is 17.4. The molecule has 0 spiro atoms. The van der Waals surface area contributed by atoms with Crippen molar-refractivity contribution in [2.45, 2.75) is 70.8 Å². The average Bonchev–Trinajstić information content (AvgIpc) is 3.81. The Balaban J connectivity index is 0.746. The average molecular weight is 1160 g/mol. The molecule has 10 rings (SSSR count). The fraction of sp³-hybridized carbons (Fsp3) is 0.424. The molecule has 0 unspecified atom stereocenters. The van der Waals surface area contributed by atoms with Gasteiger partial charge in [-0.1, -0.05) is 68.4 Å². The van der Waals surface area contributed by atoms with E-state index >= 15 is 0 Å². The monoisotopic (exact) mass is 1160 g/mol. The van der Waals surface area contributed by atoms with Crippen LogP contribution in [0.5, 0.6) is 17.5 Å². The number of aromatic hydroxyl groups is 2. The van der Waals surface area contributed by atoms with Gasteiger partial charge in [0.05, 0.1) is 41.4 Å². The van der Waals surface area contributed by atoms with Gasteiger partial charge in [0.2, 0.25) is 11.7 Å². The quantitative estimate of drug-likeness (QED) is 0.0624. The Morgan fingerprint density at radius 1 is 0.892 bits per heavy atom. The fourth-order valence-corrected chi connectivity index (χ4v) is 11.9. The summed E-state index contributed by atoms with van der Waals surface area (Å²) in [6, 6.07) is 23.4.